The van der Waals surface area contributed by atoms with Crippen LogP contribution in [-0.2, 0) is 23.9 Å². The standard InChI is InChI=1S/C48H95NO4.CH4O.CH2O/c1-39(2)32-34-45(41(5)6)37-52-47(50)30-24-20-16-12-14-18-22-27-44(29-26-36-49(11)43(9)10)28-23-19-15-13-17-21-25-31-48(51)53-38-46(42(7)8)35-33-40(3)4;2*1-2/h39-46H,12-38H2,1-11H3;2H,1H3;1H2. The van der Waals surface area contributed by atoms with Crippen LogP contribution in [-0.4, -0.2) is 68.7 Å². The van der Waals surface area contributed by atoms with E-state index in [2.05, 4.69) is 81.2 Å². The second kappa shape index (κ2) is 42.6. The quantitative estimate of drug-likeness (QED) is 0.0493. The normalized spacial score (nSPS) is 13.1. The number of aliphatic hydroxyl groups excluding tert-OH is 1. The summed E-state index contributed by atoms with van der Waals surface area (Å²) >= 11 is 0. The highest BCUT2D eigenvalue weighted by atomic mass is 16.5. The topological polar surface area (TPSA) is 93.1 Å². The van der Waals surface area contributed by atoms with Crippen LogP contribution in [0, 0.1) is 41.4 Å². The van der Waals surface area contributed by atoms with Gasteiger partial charge < -0.3 is 24.3 Å². The van der Waals surface area contributed by atoms with Crippen LogP contribution >= 0.6 is 0 Å². The molecule has 2 atom stereocenters. The van der Waals surface area contributed by atoms with Gasteiger partial charge in [-0.25, -0.2) is 0 Å². The van der Waals surface area contributed by atoms with Crippen molar-refractivity contribution < 1.29 is 29.0 Å². The van der Waals surface area contributed by atoms with Gasteiger partial charge in [0.05, 0.1) is 13.2 Å². The molecule has 0 aromatic carbocycles. The second-order valence-corrected chi connectivity index (χ2v) is 18.9. The highest BCUT2D eigenvalue weighted by Crippen LogP contribution is 2.25. The molecule has 0 spiro atoms. The number of hydrogen-bond donors (Lipinski definition) is 1. The first-order valence-corrected chi connectivity index (χ1v) is 24.0. The number of hydrogen-bond acceptors (Lipinski definition) is 7. The Kier molecular flexibility index (Phi) is 44.8. The molecule has 0 aliphatic heterocycles. The predicted molar refractivity (Wildman–Crippen MR) is 246 cm³/mol. The fourth-order valence-corrected chi connectivity index (χ4v) is 7.35. The van der Waals surface area contributed by atoms with Crippen LogP contribution in [0.4, 0.5) is 0 Å². The summed E-state index contributed by atoms with van der Waals surface area (Å²) in [5.41, 5.74) is 0. The summed E-state index contributed by atoms with van der Waals surface area (Å²) in [4.78, 5) is 35.1. The summed E-state index contributed by atoms with van der Waals surface area (Å²) in [5, 5.41) is 7.00. The van der Waals surface area contributed by atoms with Crippen molar-refractivity contribution in [2.24, 2.45) is 41.4 Å². The van der Waals surface area contributed by atoms with E-state index in [1.807, 2.05) is 6.79 Å². The van der Waals surface area contributed by atoms with Gasteiger partial charge in [-0.05, 0) is 107 Å². The molecule has 0 radical (unpaired) electrons. The number of nitrogens with zero attached hydrogens (tertiary/aromatic N) is 1. The fourth-order valence-electron chi connectivity index (χ4n) is 7.35. The van der Waals surface area contributed by atoms with E-state index in [-0.39, 0.29) is 11.9 Å². The number of carbonyl (C=O) groups is 3. The molecule has 7 nitrogen and oxygen atoms in total. The Morgan fingerprint density at radius 2 is 0.789 bits per heavy atom. The van der Waals surface area contributed by atoms with E-state index < -0.39 is 0 Å². The second-order valence-electron chi connectivity index (χ2n) is 18.9. The lowest BCUT2D eigenvalue weighted by molar-refractivity contribution is -0.146. The molecule has 0 heterocycles. The number of rotatable bonds is 37. The molecule has 0 rings (SSSR count). The Morgan fingerprint density at radius 3 is 1.11 bits per heavy atom. The lowest BCUT2D eigenvalue weighted by atomic mass is 9.89. The van der Waals surface area contributed by atoms with Crippen LogP contribution in [0.5, 0.6) is 0 Å². The molecule has 0 aliphatic carbocycles. The minimum absolute atomic E-state index is 0.00255. The van der Waals surface area contributed by atoms with Gasteiger partial charge in [0.15, 0.2) is 0 Å². The molecule has 1 N–H and O–H groups in total. The SMILES string of the molecule is C=O.CC(C)CCC(COC(=O)CCCCCCCCCC(CCCCCCCCCC(=O)OCC(CCC(C)C)C(C)C)CCCN(C)C(C)C)C(C)C.CO. The van der Waals surface area contributed by atoms with Gasteiger partial charge in [0, 0.05) is 26.0 Å². The van der Waals surface area contributed by atoms with Gasteiger partial charge in [0.1, 0.15) is 6.79 Å². The highest BCUT2D eigenvalue weighted by molar-refractivity contribution is 5.69. The Morgan fingerprint density at radius 1 is 0.474 bits per heavy atom. The summed E-state index contributed by atoms with van der Waals surface area (Å²) in [5.74, 6) is 4.38. The van der Waals surface area contributed by atoms with E-state index in [1.54, 1.807) is 0 Å². The van der Waals surface area contributed by atoms with Gasteiger partial charge in [-0.3, -0.25) is 9.59 Å². The molecule has 57 heavy (non-hydrogen) atoms. The van der Waals surface area contributed by atoms with Crippen molar-refractivity contribution in [2.45, 2.75) is 229 Å². The largest absolute Gasteiger partial charge is 0.465 e. The van der Waals surface area contributed by atoms with Crippen molar-refractivity contribution in [1.82, 2.24) is 4.90 Å². The number of esters is 2. The van der Waals surface area contributed by atoms with E-state index in [0.29, 0.717) is 67.6 Å². The van der Waals surface area contributed by atoms with Crippen LogP contribution in [0.2, 0.25) is 0 Å². The fraction of sp³-hybridized carbons (Fsp3) is 0.940. The Balaban J connectivity index is -0.00000704. The zero-order valence-corrected chi connectivity index (χ0v) is 40.4. The first-order valence-electron chi connectivity index (χ1n) is 24.0. The van der Waals surface area contributed by atoms with Crippen molar-refractivity contribution in [3.8, 4) is 0 Å². The number of unbranched alkanes of at least 4 members (excludes halogenated alkanes) is 12. The van der Waals surface area contributed by atoms with Crippen molar-refractivity contribution in [1.29, 1.82) is 0 Å². The average molecular weight is 812 g/mol. The summed E-state index contributed by atoms with van der Waals surface area (Å²) in [7, 11) is 3.26. The maximum atomic E-state index is 12.3. The number of ether oxygens (including phenoxy) is 2. The maximum absolute atomic E-state index is 12.3. The van der Waals surface area contributed by atoms with Crippen LogP contribution in [0.3, 0.4) is 0 Å². The molecular formula is C50H101NO6. The Bertz CT molecular complexity index is 802. The van der Waals surface area contributed by atoms with Crippen LogP contribution in [0.25, 0.3) is 0 Å². The average Bonchev–Trinajstić information content (AvgIpc) is 3.17. The molecule has 0 fully saturated rings. The van der Waals surface area contributed by atoms with Gasteiger partial charge in [0.2, 0.25) is 0 Å². The van der Waals surface area contributed by atoms with E-state index in [0.717, 1.165) is 51.6 Å². The first-order chi connectivity index (χ1) is 27.2. The number of aliphatic hydroxyl groups is 1. The van der Waals surface area contributed by atoms with Crippen LogP contribution < -0.4 is 0 Å². The summed E-state index contributed by atoms with van der Waals surface area (Å²) in [6.45, 7) is 27.1. The molecule has 0 aromatic heterocycles. The third kappa shape index (κ3) is 41.1. The third-order valence-electron chi connectivity index (χ3n) is 12.0. The zero-order valence-electron chi connectivity index (χ0n) is 40.4. The monoisotopic (exact) mass is 812 g/mol. The van der Waals surface area contributed by atoms with E-state index in [9.17, 15) is 9.59 Å². The predicted octanol–water partition coefficient (Wildman–Crippen LogP) is 13.7. The molecule has 0 saturated carbocycles. The van der Waals surface area contributed by atoms with Crippen molar-refractivity contribution in [2.75, 3.05) is 33.9 Å². The summed E-state index contributed by atoms with van der Waals surface area (Å²) in [6.07, 6.45) is 28.7. The molecule has 0 saturated heterocycles. The Labute approximate surface area is 356 Å². The van der Waals surface area contributed by atoms with Gasteiger partial charge in [0.25, 0.3) is 0 Å². The first kappa shape index (κ1) is 59.8. The van der Waals surface area contributed by atoms with E-state index in [1.165, 1.54) is 109 Å². The molecule has 342 valence electrons. The van der Waals surface area contributed by atoms with Crippen LogP contribution in [0.15, 0.2) is 0 Å². The minimum atomic E-state index is 0.00255. The molecule has 0 aromatic rings. The highest BCUT2D eigenvalue weighted by Gasteiger charge is 2.18. The zero-order chi connectivity index (χ0) is 43.9. The smallest absolute Gasteiger partial charge is 0.305 e. The lowest BCUT2D eigenvalue weighted by Gasteiger charge is -2.23. The Hall–Kier alpha value is -1.47. The minimum Gasteiger partial charge on any atom is -0.465 e. The van der Waals surface area contributed by atoms with Gasteiger partial charge >= 0.3 is 11.9 Å². The summed E-state index contributed by atoms with van der Waals surface area (Å²) < 4.78 is 11.3. The summed E-state index contributed by atoms with van der Waals surface area (Å²) in [6, 6.07) is 0.623. The maximum Gasteiger partial charge on any atom is 0.305 e. The van der Waals surface area contributed by atoms with Crippen molar-refractivity contribution in [3.63, 3.8) is 0 Å². The number of carbonyl (C=O) groups excluding carboxylic acids is 3. The van der Waals surface area contributed by atoms with Crippen LogP contribution in [0.1, 0.15) is 223 Å². The molecule has 7 heteroatoms. The molecule has 0 aliphatic rings. The molecule has 2 unspecified atom stereocenters. The molecule has 0 amide bonds. The lowest BCUT2D eigenvalue weighted by Crippen LogP contribution is -2.27. The van der Waals surface area contributed by atoms with Crippen molar-refractivity contribution >= 4 is 18.7 Å². The van der Waals surface area contributed by atoms with Gasteiger partial charge in [-0.2, -0.15) is 0 Å². The molecular weight excluding hydrogens is 711 g/mol. The van der Waals surface area contributed by atoms with Gasteiger partial charge in [-0.1, -0.05) is 158 Å². The van der Waals surface area contributed by atoms with E-state index >= 15 is 0 Å². The van der Waals surface area contributed by atoms with E-state index in [4.69, 9.17) is 19.4 Å². The third-order valence-corrected chi connectivity index (χ3v) is 12.0. The van der Waals surface area contributed by atoms with Crippen molar-refractivity contribution in [3.05, 3.63) is 0 Å². The van der Waals surface area contributed by atoms with Gasteiger partial charge in [-0.15, -0.1) is 0 Å². The molecule has 0 bridgehead atoms.